The maximum atomic E-state index is 11.3. The van der Waals surface area contributed by atoms with Crippen molar-refractivity contribution >= 4 is 5.91 Å². The van der Waals surface area contributed by atoms with Crippen LogP contribution in [0.4, 0.5) is 0 Å². The molecule has 1 saturated heterocycles. The maximum absolute atomic E-state index is 11.3. The van der Waals surface area contributed by atoms with Gasteiger partial charge in [-0.05, 0) is 5.56 Å². The van der Waals surface area contributed by atoms with E-state index < -0.39 is 37.3 Å². The van der Waals surface area contributed by atoms with Gasteiger partial charge in [0.1, 0.15) is 24.4 Å². The van der Waals surface area contributed by atoms with Gasteiger partial charge in [-0.25, -0.2) is 0 Å². The molecule has 1 aliphatic heterocycles. The van der Waals surface area contributed by atoms with E-state index in [9.17, 15) is 20.1 Å². The zero-order chi connectivity index (χ0) is 16.1. The predicted molar refractivity (Wildman–Crippen MR) is 76.6 cm³/mol. The number of aliphatic hydroxyl groups is 3. The first kappa shape index (κ1) is 16.9. The summed E-state index contributed by atoms with van der Waals surface area (Å²) in [5.74, 6) is -0.379. The van der Waals surface area contributed by atoms with Gasteiger partial charge in [-0.15, -0.1) is 0 Å². The fourth-order valence-electron chi connectivity index (χ4n) is 2.37. The summed E-state index contributed by atoms with van der Waals surface area (Å²) < 4.78 is 11.1. The molecule has 5 atom stereocenters. The Morgan fingerprint density at radius 2 is 1.95 bits per heavy atom. The molecule has 0 saturated carbocycles. The van der Waals surface area contributed by atoms with E-state index in [1.54, 1.807) is 0 Å². The van der Waals surface area contributed by atoms with Crippen molar-refractivity contribution in [2.75, 3.05) is 6.61 Å². The van der Waals surface area contributed by atoms with E-state index >= 15 is 0 Å². The lowest BCUT2D eigenvalue weighted by Crippen LogP contribution is -2.64. The highest BCUT2D eigenvalue weighted by atomic mass is 16.7. The summed E-state index contributed by atoms with van der Waals surface area (Å²) in [6.07, 6.45) is -4.55. The lowest BCUT2D eigenvalue weighted by Gasteiger charge is -2.42. The van der Waals surface area contributed by atoms with Crippen molar-refractivity contribution < 1.29 is 29.6 Å². The third-order valence-corrected chi connectivity index (χ3v) is 3.51. The molecule has 0 aromatic heterocycles. The average molecular weight is 311 g/mol. The summed E-state index contributed by atoms with van der Waals surface area (Å²) in [6, 6.07) is 8.42. The van der Waals surface area contributed by atoms with Crippen LogP contribution in [0.2, 0.25) is 0 Å². The molecule has 122 valence electrons. The fraction of sp³-hybridized carbons (Fsp3) is 0.533. The second kappa shape index (κ2) is 7.66. The van der Waals surface area contributed by atoms with Crippen LogP contribution >= 0.6 is 0 Å². The highest BCUT2D eigenvalue weighted by Gasteiger charge is 2.45. The molecule has 1 fully saturated rings. The van der Waals surface area contributed by atoms with E-state index in [-0.39, 0.29) is 12.5 Å². The number of ether oxygens (including phenoxy) is 2. The zero-order valence-corrected chi connectivity index (χ0v) is 12.3. The number of hydrogen-bond acceptors (Lipinski definition) is 6. The van der Waals surface area contributed by atoms with Crippen LogP contribution in [-0.2, 0) is 20.9 Å². The number of amides is 1. The topological polar surface area (TPSA) is 108 Å². The number of rotatable bonds is 5. The molecule has 4 N–H and O–H groups in total. The normalized spacial score (nSPS) is 31.7. The van der Waals surface area contributed by atoms with Gasteiger partial charge in [0.05, 0.1) is 13.2 Å². The molecule has 0 unspecified atom stereocenters. The number of carbonyl (C=O) groups is 1. The van der Waals surface area contributed by atoms with Crippen molar-refractivity contribution in [3.8, 4) is 0 Å². The molecule has 0 aliphatic carbocycles. The van der Waals surface area contributed by atoms with Crippen LogP contribution in [0.25, 0.3) is 0 Å². The van der Waals surface area contributed by atoms with Gasteiger partial charge in [0.25, 0.3) is 0 Å². The molecule has 7 nitrogen and oxygen atoms in total. The molecule has 0 bridgehead atoms. The van der Waals surface area contributed by atoms with Crippen molar-refractivity contribution in [1.29, 1.82) is 0 Å². The summed E-state index contributed by atoms with van der Waals surface area (Å²) in [7, 11) is 0. The maximum Gasteiger partial charge on any atom is 0.217 e. The lowest BCUT2D eigenvalue weighted by atomic mass is 9.97. The first-order chi connectivity index (χ1) is 10.5. The standard InChI is InChI=1S/C15H21NO6/c1-9(18)16-12-14(20)13(19)11(7-17)22-15(12)21-8-10-5-3-2-4-6-10/h2-6,11-15,17,19-20H,7-8H2,1H3,(H,16,18)/t11-,12-,13+,14-,15-/m1/s1. The van der Waals surface area contributed by atoms with Gasteiger partial charge in [-0.1, -0.05) is 30.3 Å². The molecule has 1 heterocycles. The van der Waals surface area contributed by atoms with Crippen molar-refractivity contribution in [1.82, 2.24) is 5.32 Å². The average Bonchev–Trinajstić information content (AvgIpc) is 2.52. The van der Waals surface area contributed by atoms with Crippen LogP contribution in [0, 0.1) is 0 Å². The third kappa shape index (κ3) is 4.02. The highest BCUT2D eigenvalue weighted by molar-refractivity contribution is 5.73. The van der Waals surface area contributed by atoms with E-state index in [0.717, 1.165) is 5.56 Å². The van der Waals surface area contributed by atoms with Crippen molar-refractivity contribution in [2.45, 2.75) is 44.2 Å². The van der Waals surface area contributed by atoms with Crippen LogP contribution in [0.3, 0.4) is 0 Å². The fourth-order valence-corrected chi connectivity index (χ4v) is 2.37. The quantitative estimate of drug-likeness (QED) is 0.564. The van der Waals surface area contributed by atoms with Gasteiger partial charge in [0.2, 0.25) is 5.91 Å². The second-order valence-corrected chi connectivity index (χ2v) is 5.23. The van der Waals surface area contributed by atoms with E-state index in [4.69, 9.17) is 9.47 Å². The van der Waals surface area contributed by atoms with E-state index in [2.05, 4.69) is 5.32 Å². The summed E-state index contributed by atoms with van der Waals surface area (Å²) in [4.78, 5) is 11.3. The molecule has 0 radical (unpaired) electrons. The molecule has 7 heteroatoms. The Kier molecular flexibility index (Phi) is 5.87. The molecule has 1 aromatic rings. The number of benzene rings is 1. The number of hydrogen-bond donors (Lipinski definition) is 4. The van der Waals surface area contributed by atoms with Gasteiger partial charge in [0.15, 0.2) is 6.29 Å². The molecule has 1 aromatic carbocycles. The molecule has 2 rings (SSSR count). The molecule has 22 heavy (non-hydrogen) atoms. The van der Waals surface area contributed by atoms with Gasteiger partial charge in [-0.2, -0.15) is 0 Å². The second-order valence-electron chi connectivity index (χ2n) is 5.23. The Morgan fingerprint density at radius 1 is 1.27 bits per heavy atom. The summed E-state index contributed by atoms with van der Waals surface area (Å²) in [5.41, 5.74) is 0.897. The largest absolute Gasteiger partial charge is 0.394 e. The first-order valence-electron chi connectivity index (χ1n) is 7.08. The van der Waals surface area contributed by atoms with Crippen LogP contribution in [0.1, 0.15) is 12.5 Å². The number of carbonyl (C=O) groups excluding carboxylic acids is 1. The van der Waals surface area contributed by atoms with E-state index in [1.165, 1.54) is 6.92 Å². The van der Waals surface area contributed by atoms with Crippen LogP contribution in [0.15, 0.2) is 30.3 Å². The molecule has 0 spiro atoms. The Morgan fingerprint density at radius 3 is 2.55 bits per heavy atom. The minimum absolute atomic E-state index is 0.211. The Bertz CT molecular complexity index is 482. The van der Waals surface area contributed by atoms with Gasteiger partial charge >= 0.3 is 0 Å². The summed E-state index contributed by atoms with van der Waals surface area (Å²) in [6.45, 7) is 1.05. The van der Waals surface area contributed by atoms with Crippen LogP contribution in [0.5, 0.6) is 0 Å². The van der Waals surface area contributed by atoms with Crippen LogP contribution in [-0.4, -0.2) is 58.5 Å². The summed E-state index contributed by atoms with van der Waals surface area (Å²) in [5, 5.41) is 31.7. The predicted octanol–water partition coefficient (Wildman–Crippen LogP) is -0.853. The highest BCUT2D eigenvalue weighted by Crippen LogP contribution is 2.23. The van der Waals surface area contributed by atoms with Crippen molar-refractivity contribution in [3.63, 3.8) is 0 Å². The number of aliphatic hydroxyl groups excluding tert-OH is 3. The monoisotopic (exact) mass is 311 g/mol. The SMILES string of the molecule is CC(=O)N[C@H]1[C@H](OCc2ccccc2)O[C@H](CO)[C@H](O)[C@@H]1O. The molecular formula is C15H21NO6. The Labute approximate surface area is 128 Å². The van der Waals surface area contributed by atoms with Gasteiger partial charge < -0.3 is 30.1 Å². The Balaban J connectivity index is 2.07. The molecular weight excluding hydrogens is 290 g/mol. The molecule has 1 amide bonds. The lowest BCUT2D eigenvalue weighted by molar-refractivity contribution is -0.273. The molecule has 1 aliphatic rings. The van der Waals surface area contributed by atoms with E-state index in [0.29, 0.717) is 0 Å². The van der Waals surface area contributed by atoms with Gasteiger partial charge in [0, 0.05) is 6.92 Å². The van der Waals surface area contributed by atoms with Crippen molar-refractivity contribution in [3.05, 3.63) is 35.9 Å². The first-order valence-corrected chi connectivity index (χ1v) is 7.08. The smallest absolute Gasteiger partial charge is 0.217 e. The van der Waals surface area contributed by atoms with E-state index in [1.807, 2.05) is 30.3 Å². The zero-order valence-electron chi connectivity index (χ0n) is 12.3. The number of nitrogens with one attached hydrogen (secondary N) is 1. The third-order valence-electron chi connectivity index (χ3n) is 3.51. The van der Waals surface area contributed by atoms with Crippen LogP contribution < -0.4 is 5.32 Å². The Hall–Kier alpha value is -1.51. The summed E-state index contributed by atoms with van der Waals surface area (Å²) >= 11 is 0. The minimum atomic E-state index is -1.31. The van der Waals surface area contributed by atoms with Crippen molar-refractivity contribution in [2.24, 2.45) is 0 Å². The minimum Gasteiger partial charge on any atom is -0.394 e. The van der Waals surface area contributed by atoms with Gasteiger partial charge in [-0.3, -0.25) is 4.79 Å².